The Bertz CT molecular complexity index is 1040. The number of likely N-dealkylation sites (tertiary alicyclic amines) is 2. The lowest BCUT2D eigenvalue weighted by atomic mass is 9.78. The first-order chi connectivity index (χ1) is 16.4. The van der Waals surface area contributed by atoms with Gasteiger partial charge in [-0.2, -0.15) is 0 Å². The van der Waals surface area contributed by atoms with E-state index in [1.165, 1.54) is 12.3 Å². The number of nitrogens with zero attached hydrogens (tertiary/aromatic N) is 2. The van der Waals surface area contributed by atoms with Crippen molar-refractivity contribution in [2.75, 3.05) is 39.3 Å². The first-order valence-electron chi connectivity index (χ1n) is 11.7. The summed E-state index contributed by atoms with van der Waals surface area (Å²) in [7, 11) is 0. The molecule has 8 heteroatoms. The first-order valence-corrected chi connectivity index (χ1v) is 11.7. The molecule has 0 atom stereocenters. The van der Waals surface area contributed by atoms with Gasteiger partial charge in [-0.1, -0.05) is 18.2 Å². The fourth-order valence-electron chi connectivity index (χ4n) is 4.61. The van der Waals surface area contributed by atoms with Crippen molar-refractivity contribution in [3.63, 3.8) is 0 Å². The molecule has 3 heterocycles. The van der Waals surface area contributed by atoms with Crippen LogP contribution in [0.2, 0.25) is 0 Å². The van der Waals surface area contributed by atoms with Crippen LogP contribution < -0.4 is 10.1 Å². The van der Waals surface area contributed by atoms with Gasteiger partial charge in [-0.15, -0.1) is 0 Å². The largest absolute Gasteiger partial charge is 0.484 e. The minimum Gasteiger partial charge on any atom is -0.484 e. The highest BCUT2D eigenvalue weighted by Gasteiger charge is 2.42. The fraction of sp³-hybridized carbons (Fsp3) is 0.423. The molecule has 2 aromatic rings. The van der Waals surface area contributed by atoms with E-state index in [0.29, 0.717) is 31.9 Å². The van der Waals surface area contributed by atoms with Crippen molar-refractivity contribution in [3.05, 3.63) is 60.1 Å². The predicted octanol–water partition coefficient (Wildman–Crippen LogP) is 2.64. The third-order valence-corrected chi connectivity index (χ3v) is 6.77. The number of benzene rings is 1. The molecule has 0 saturated carbocycles. The van der Waals surface area contributed by atoms with Crippen molar-refractivity contribution in [1.29, 1.82) is 0 Å². The molecule has 3 amide bonds. The third-order valence-electron chi connectivity index (χ3n) is 6.77. The Hall–Kier alpha value is -3.55. The van der Waals surface area contributed by atoms with E-state index in [2.05, 4.69) is 5.32 Å². The van der Waals surface area contributed by atoms with E-state index in [9.17, 15) is 14.4 Å². The van der Waals surface area contributed by atoms with Crippen LogP contribution in [0, 0.1) is 12.3 Å². The highest BCUT2D eigenvalue weighted by atomic mass is 16.5. The Morgan fingerprint density at radius 2 is 1.76 bits per heavy atom. The number of piperidine rings is 1. The number of carbonyl (C=O) groups is 3. The zero-order chi connectivity index (χ0) is 24.0. The molecular weight excluding hydrogens is 434 g/mol. The number of aryl methyl sites for hydroxylation is 1. The molecule has 180 valence electrons. The van der Waals surface area contributed by atoms with E-state index in [0.717, 1.165) is 30.6 Å². The van der Waals surface area contributed by atoms with E-state index in [1.54, 1.807) is 18.2 Å². The Morgan fingerprint density at radius 3 is 2.47 bits per heavy atom. The summed E-state index contributed by atoms with van der Waals surface area (Å²) in [6.45, 7) is 4.67. The average Bonchev–Trinajstić information content (AvgIpc) is 3.51. The van der Waals surface area contributed by atoms with Crippen LogP contribution in [0.1, 0.15) is 30.6 Å². The first kappa shape index (κ1) is 23.6. The van der Waals surface area contributed by atoms with E-state index < -0.39 is 0 Å². The summed E-state index contributed by atoms with van der Waals surface area (Å²) in [5.74, 6) is 0.891. The Kier molecular flexibility index (Phi) is 7.35. The third kappa shape index (κ3) is 5.87. The molecule has 2 aliphatic heterocycles. The van der Waals surface area contributed by atoms with Crippen molar-refractivity contribution in [2.24, 2.45) is 5.41 Å². The molecule has 0 bridgehead atoms. The molecular formula is C26H31N3O5. The molecule has 0 radical (unpaired) electrons. The maximum absolute atomic E-state index is 12.6. The number of hydrogen-bond donors (Lipinski definition) is 1. The second-order valence-corrected chi connectivity index (χ2v) is 9.07. The second kappa shape index (κ2) is 10.6. The zero-order valence-corrected chi connectivity index (χ0v) is 19.5. The van der Waals surface area contributed by atoms with Crippen molar-refractivity contribution in [1.82, 2.24) is 15.1 Å². The highest BCUT2D eigenvalue weighted by Crippen LogP contribution is 2.40. The van der Waals surface area contributed by atoms with Crippen molar-refractivity contribution < 1.29 is 23.5 Å². The highest BCUT2D eigenvalue weighted by molar-refractivity contribution is 5.94. The van der Waals surface area contributed by atoms with Gasteiger partial charge < -0.3 is 24.3 Å². The molecule has 4 rings (SSSR count). The maximum atomic E-state index is 12.6. The SMILES string of the molecule is Cc1ccccc1OCC(=O)N1CCC2(CC1)CCN(C(=O)CNC(=O)/C=C\c1ccco1)C2. The van der Waals surface area contributed by atoms with E-state index in [-0.39, 0.29) is 36.3 Å². The number of carbonyl (C=O) groups excluding carboxylic acids is 3. The monoisotopic (exact) mass is 465 g/mol. The zero-order valence-electron chi connectivity index (χ0n) is 19.5. The summed E-state index contributed by atoms with van der Waals surface area (Å²) in [4.78, 5) is 40.9. The lowest BCUT2D eigenvalue weighted by Crippen LogP contribution is -2.46. The number of hydrogen-bond acceptors (Lipinski definition) is 5. The van der Waals surface area contributed by atoms with Crippen LogP contribution >= 0.6 is 0 Å². The number of amides is 3. The van der Waals surface area contributed by atoms with E-state index >= 15 is 0 Å². The Labute approximate surface area is 199 Å². The number of para-hydroxylation sites is 1. The number of nitrogens with one attached hydrogen (secondary N) is 1. The second-order valence-electron chi connectivity index (χ2n) is 9.07. The molecule has 8 nitrogen and oxygen atoms in total. The van der Waals surface area contributed by atoms with Gasteiger partial charge in [-0.3, -0.25) is 14.4 Å². The maximum Gasteiger partial charge on any atom is 0.260 e. The molecule has 1 N–H and O–H groups in total. The van der Waals surface area contributed by atoms with E-state index in [1.807, 2.05) is 41.0 Å². The number of ether oxygens (including phenoxy) is 1. The molecule has 1 aromatic heterocycles. The molecule has 2 saturated heterocycles. The molecule has 2 aliphatic rings. The lowest BCUT2D eigenvalue weighted by molar-refractivity contribution is -0.136. The van der Waals surface area contributed by atoms with Crippen LogP contribution in [0.15, 0.2) is 53.2 Å². The van der Waals surface area contributed by atoms with Crippen LogP contribution in [0.25, 0.3) is 6.08 Å². The summed E-state index contributed by atoms with van der Waals surface area (Å²) in [5.41, 5.74) is 1.06. The molecule has 1 aromatic carbocycles. The lowest BCUT2D eigenvalue weighted by Gasteiger charge is -2.39. The summed E-state index contributed by atoms with van der Waals surface area (Å²) in [5, 5.41) is 2.64. The quantitative estimate of drug-likeness (QED) is 0.635. The van der Waals surface area contributed by atoms with Gasteiger partial charge in [0.25, 0.3) is 5.91 Å². The topological polar surface area (TPSA) is 92.1 Å². The van der Waals surface area contributed by atoms with Crippen molar-refractivity contribution in [3.8, 4) is 5.75 Å². The number of rotatable bonds is 7. The summed E-state index contributed by atoms with van der Waals surface area (Å²) >= 11 is 0. The minimum absolute atomic E-state index is 0.00523. The Balaban J connectivity index is 1.19. The van der Waals surface area contributed by atoms with Crippen LogP contribution in [0.5, 0.6) is 5.75 Å². The van der Waals surface area contributed by atoms with Gasteiger partial charge in [0.15, 0.2) is 6.61 Å². The van der Waals surface area contributed by atoms with Gasteiger partial charge in [0.05, 0.1) is 12.8 Å². The van der Waals surface area contributed by atoms with Crippen LogP contribution in [0.3, 0.4) is 0 Å². The molecule has 34 heavy (non-hydrogen) atoms. The summed E-state index contributed by atoms with van der Waals surface area (Å²) < 4.78 is 10.9. The fourth-order valence-corrected chi connectivity index (χ4v) is 4.61. The van der Waals surface area contributed by atoms with Gasteiger partial charge in [-0.25, -0.2) is 0 Å². The van der Waals surface area contributed by atoms with Crippen molar-refractivity contribution >= 4 is 23.8 Å². The molecule has 0 unspecified atom stereocenters. The van der Waals surface area contributed by atoms with Gasteiger partial charge in [-0.05, 0) is 61.4 Å². The normalized spacial score (nSPS) is 17.3. The van der Waals surface area contributed by atoms with Gasteiger partial charge in [0.1, 0.15) is 11.5 Å². The van der Waals surface area contributed by atoms with Gasteiger partial charge in [0.2, 0.25) is 11.8 Å². The van der Waals surface area contributed by atoms with E-state index in [4.69, 9.17) is 9.15 Å². The van der Waals surface area contributed by atoms with Crippen LogP contribution in [0.4, 0.5) is 0 Å². The van der Waals surface area contributed by atoms with Gasteiger partial charge >= 0.3 is 0 Å². The number of furan rings is 1. The molecule has 2 fully saturated rings. The van der Waals surface area contributed by atoms with Gasteiger partial charge in [0, 0.05) is 32.3 Å². The predicted molar refractivity (Wildman–Crippen MR) is 127 cm³/mol. The molecule has 0 aliphatic carbocycles. The Morgan fingerprint density at radius 1 is 1.03 bits per heavy atom. The van der Waals surface area contributed by atoms with Crippen LogP contribution in [-0.2, 0) is 14.4 Å². The summed E-state index contributed by atoms with van der Waals surface area (Å²) in [6, 6.07) is 11.2. The average molecular weight is 466 g/mol. The smallest absolute Gasteiger partial charge is 0.260 e. The standard InChI is InChI=1S/C26H31N3O5/c1-20-5-2-3-7-22(20)34-18-25(32)28-13-10-26(11-14-28)12-15-29(19-26)24(31)17-27-23(30)9-8-21-6-4-16-33-21/h2-9,16H,10-15,17-19H2,1H3,(H,27,30)/b9-8-. The molecule has 1 spiro atoms. The summed E-state index contributed by atoms with van der Waals surface area (Å²) in [6.07, 6.45) is 7.10. The van der Waals surface area contributed by atoms with Crippen molar-refractivity contribution in [2.45, 2.75) is 26.2 Å². The minimum atomic E-state index is -0.335. The van der Waals surface area contributed by atoms with Crippen LogP contribution in [-0.4, -0.2) is 66.9 Å².